The largest absolute Gasteiger partial charge is 0.480 e. The number of aliphatic carboxylic acids is 1. The summed E-state index contributed by atoms with van der Waals surface area (Å²) in [6, 6.07) is -1.62. The number of amides is 2. The second-order valence-corrected chi connectivity index (χ2v) is 5.25. The number of hydrogen-bond acceptors (Lipinski definition) is 2. The number of piperidine rings is 1. The minimum absolute atomic E-state index is 0.181. The highest BCUT2D eigenvalue weighted by Gasteiger charge is 2.36. The van der Waals surface area contributed by atoms with E-state index in [9.17, 15) is 22.8 Å². The molecule has 1 N–H and O–H groups in total. The van der Waals surface area contributed by atoms with Gasteiger partial charge in [-0.15, -0.1) is 0 Å². The maximum Gasteiger partial charge on any atom is 0.390 e. The maximum atomic E-state index is 12.1. The molecule has 2 unspecified atom stereocenters. The Kier molecular flexibility index (Phi) is 5.24. The number of urea groups is 1. The van der Waals surface area contributed by atoms with Crippen molar-refractivity contribution in [3.63, 3.8) is 0 Å². The zero-order valence-corrected chi connectivity index (χ0v) is 11.5. The normalized spacial score (nSPS) is 23.6. The predicted molar refractivity (Wildman–Crippen MR) is 65.2 cm³/mol. The monoisotopic (exact) mass is 296 g/mol. The second-order valence-electron chi connectivity index (χ2n) is 5.25. The maximum absolute atomic E-state index is 12.1. The summed E-state index contributed by atoms with van der Waals surface area (Å²) in [5.41, 5.74) is 0. The molecule has 0 bridgehead atoms. The van der Waals surface area contributed by atoms with E-state index in [1.807, 2.05) is 6.92 Å². The third kappa shape index (κ3) is 4.57. The molecule has 0 aromatic rings. The lowest BCUT2D eigenvalue weighted by molar-refractivity contribution is -0.145. The third-order valence-corrected chi connectivity index (χ3v) is 3.45. The van der Waals surface area contributed by atoms with Crippen LogP contribution in [0.2, 0.25) is 0 Å². The van der Waals surface area contributed by atoms with Gasteiger partial charge in [0.15, 0.2) is 0 Å². The van der Waals surface area contributed by atoms with Gasteiger partial charge in [0.1, 0.15) is 6.04 Å². The number of halogens is 3. The summed E-state index contributed by atoms with van der Waals surface area (Å²) >= 11 is 0. The molecular weight excluding hydrogens is 277 g/mol. The number of carbonyl (C=O) groups is 2. The van der Waals surface area contributed by atoms with Crippen molar-refractivity contribution in [1.29, 1.82) is 0 Å². The molecule has 20 heavy (non-hydrogen) atoms. The van der Waals surface area contributed by atoms with Crippen LogP contribution < -0.4 is 0 Å². The molecule has 5 nitrogen and oxygen atoms in total. The average molecular weight is 296 g/mol. The molecule has 0 aliphatic carbocycles. The smallest absolute Gasteiger partial charge is 0.390 e. The molecule has 0 aromatic carbocycles. The van der Waals surface area contributed by atoms with Crippen molar-refractivity contribution in [3.8, 4) is 0 Å². The zero-order chi connectivity index (χ0) is 15.5. The Morgan fingerprint density at radius 1 is 1.40 bits per heavy atom. The van der Waals surface area contributed by atoms with Crippen molar-refractivity contribution in [3.05, 3.63) is 0 Å². The molecule has 1 saturated heterocycles. The number of carbonyl (C=O) groups excluding carboxylic acids is 1. The van der Waals surface area contributed by atoms with Crippen LogP contribution in [0.1, 0.15) is 26.2 Å². The van der Waals surface area contributed by atoms with Crippen molar-refractivity contribution in [1.82, 2.24) is 9.80 Å². The van der Waals surface area contributed by atoms with Crippen molar-refractivity contribution in [2.45, 2.75) is 38.4 Å². The number of nitrogens with zero attached hydrogens (tertiary/aromatic N) is 2. The van der Waals surface area contributed by atoms with E-state index in [4.69, 9.17) is 5.11 Å². The highest BCUT2D eigenvalue weighted by atomic mass is 19.4. The van der Waals surface area contributed by atoms with Crippen LogP contribution in [0, 0.1) is 5.92 Å². The summed E-state index contributed by atoms with van der Waals surface area (Å²) in [7, 11) is 1.25. The van der Waals surface area contributed by atoms with Crippen LogP contribution in [0.25, 0.3) is 0 Å². The first-order valence-electron chi connectivity index (χ1n) is 6.43. The van der Waals surface area contributed by atoms with Gasteiger partial charge in [-0.25, -0.2) is 9.59 Å². The van der Waals surface area contributed by atoms with Gasteiger partial charge >= 0.3 is 18.2 Å². The van der Waals surface area contributed by atoms with E-state index in [-0.39, 0.29) is 12.5 Å². The van der Waals surface area contributed by atoms with Crippen LogP contribution in [0.15, 0.2) is 0 Å². The Bertz CT molecular complexity index is 373. The van der Waals surface area contributed by atoms with E-state index in [0.29, 0.717) is 12.8 Å². The fraction of sp³-hybridized carbons (Fsp3) is 0.833. The molecule has 0 radical (unpaired) electrons. The molecule has 0 spiro atoms. The molecule has 8 heteroatoms. The molecular formula is C12H19F3N2O3. The van der Waals surface area contributed by atoms with Gasteiger partial charge in [0.05, 0.1) is 6.42 Å². The molecule has 1 aliphatic heterocycles. The Morgan fingerprint density at radius 3 is 2.50 bits per heavy atom. The van der Waals surface area contributed by atoms with Crippen LogP contribution in [-0.2, 0) is 4.79 Å². The number of alkyl halides is 3. The first-order chi connectivity index (χ1) is 9.11. The molecule has 2 amide bonds. The Hall–Kier alpha value is -1.47. The van der Waals surface area contributed by atoms with E-state index in [1.165, 1.54) is 7.05 Å². The zero-order valence-electron chi connectivity index (χ0n) is 11.5. The Morgan fingerprint density at radius 2 is 2.00 bits per heavy atom. The van der Waals surface area contributed by atoms with Crippen LogP contribution in [0.4, 0.5) is 18.0 Å². The minimum Gasteiger partial charge on any atom is -0.480 e. The van der Waals surface area contributed by atoms with E-state index < -0.39 is 37.2 Å². The van der Waals surface area contributed by atoms with Crippen molar-refractivity contribution < 1.29 is 27.9 Å². The number of carboxylic acids is 1. The predicted octanol–water partition coefficient (Wildman–Crippen LogP) is 2.18. The van der Waals surface area contributed by atoms with Gasteiger partial charge < -0.3 is 14.9 Å². The molecule has 1 heterocycles. The lowest BCUT2D eigenvalue weighted by Crippen LogP contribution is -2.53. The van der Waals surface area contributed by atoms with Gasteiger partial charge in [-0.1, -0.05) is 6.92 Å². The third-order valence-electron chi connectivity index (χ3n) is 3.45. The fourth-order valence-electron chi connectivity index (χ4n) is 2.21. The summed E-state index contributed by atoms with van der Waals surface area (Å²) in [5.74, 6) is -0.935. The topological polar surface area (TPSA) is 60.9 Å². The molecule has 0 saturated carbocycles. The average Bonchev–Trinajstić information content (AvgIpc) is 2.34. The minimum atomic E-state index is -4.34. The van der Waals surface area contributed by atoms with Gasteiger partial charge in [0.25, 0.3) is 0 Å². The highest BCUT2D eigenvalue weighted by Crippen LogP contribution is 2.24. The molecule has 0 aromatic heterocycles. The lowest BCUT2D eigenvalue weighted by Gasteiger charge is -2.38. The first kappa shape index (κ1) is 16.6. The van der Waals surface area contributed by atoms with E-state index in [2.05, 4.69) is 0 Å². The van der Waals surface area contributed by atoms with E-state index in [1.54, 1.807) is 0 Å². The van der Waals surface area contributed by atoms with Crippen LogP contribution in [-0.4, -0.2) is 59.3 Å². The van der Waals surface area contributed by atoms with Crippen molar-refractivity contribution >= 4 is 12.0 Å². The second kappa shape index (κ2) is 6.32. The summed E-state index contributed by atoms with van der Waals surface area (Å²) in [5, 5.41) is 9.12. The van der Waals surface area contributed by atoms with Gasteiger partial charge in [-0.3, -0.25) is 0 Å². The van der Waals surface area contributed by atoms with Gasteiger partial charge in [-0.2, -0.15) is 13.2 Å². The molecule has 2 atom stereocenters. The SMILES string of the molecule is CC1CCN(C(=O)N(C)CCC(F)(F)F)C(C(=O)O)C1. The molecule has 1 fully saturated rings. The number of likely N-dealkylation sites (tertiary alicyclic amines) is 1. The van der Waals surface area contributed by atoms with Crippen molar-refractivity contribution in [2.75, 3.05) is 20.1 Å². The Balaban J connectivity index is 2.66. The Labute approximate surface area is 115 Å². The van der Waals surface area contributed by atoms with Gasteiger partial charge in [0, 0.05) is 20.1 Å². The summed E-state index contributed by atoms with van der Waals surface area (Å²) < 4.78 is 36.4. The quantitative estimate of drug-likeness (QED) is 0.868. The first-order valence-corrected chi connectivity index (χ1v) is 6.43. The van der Waals surface area contributed by atoms with Gasteiger partial charge in [-0.05, 0) is 18.8 Å². The van der Waals surface area contributed by atoms with Crippen molar-refractivity contribution in [2.24, 2.45) is 5.92 Å². The van der Waals surface area contributed by atoms with Crippen LogP contribution in [0.5, 0.6) is 0 Å². The number of carboxylic acid groups (broad SMARTS) is 1. The fourth-order valence-corrected chi connectivity index (χ4v) is 2.21. The van der Waals surface area contributed by atoms with E-state index in [0.717, 1.165) is 9.80 Å². The highest BCUT2D eigenvalue weighted by molar-refractivity contribution is 5.82. The molecule has 116 valence electrons. The summed E-state index contributed by atoms with van der Waals surface area (Å²) in [6.07, 6.45) is -4.45. The number of hydrogen-bond donors (Lipinski definition) is 1. The van der Waals surface area contributed by atoms with Gasteiger partial charge in [0.2, 0.25) is 0 Å². The standard InChI is InChI=1S/C12H19F3N2O3/c1-8-3-5-17(9(7-8)10(18)19)11(20)16(2)6-4-12(13,14)15/h8-9H,3-7H2,1-2H3,(H,18,19). The summed E-state index contributed by atoms with van der Waals surface area (Å²) in [4.78, 5) is 25.3. The number of rotatable bonds is 3. The van der Waals surface area contributed by atoms with Crippen LogP contribution >= 0.6 is 0 Å². The summed E-state index contributed by atoms with van der Waals surface area (Å²) in [6.45, 7) is 1.68. The molecule has 1 aliphatic rings. The molecule has 1 rings (SSSR count). The lowest BCUT2D eigenvalue weighted by atomic mass is 9.93. The van der Waals surface area contributed by atoms with Crippen LogP contribution in [0.3, 0.4) is 0 Å². The van der Waals surface area contributed by atoms with E-state index >= 15 is 0 Å².